The summed E-state index contributed by atoms with van der Waals surface area (Å²) in [5.74, 6) is 0.0701. The van der Waals surface area contributed by atoms with E-state index in [2.05, 4.69) is 5.32 Å². The molecule has 0 fully saturated rings. The Morgan fingerprint density at radius 1 is 1.11 bits per heavy atom. The SMILES string of the molecule is Cc1ccc(NCc2cc(Cl)cc(Cl)c2O)cc1. The number of aryl methyl sites for hydroxylation is 1. The van der Waals surface area contributed by atoms with Crippen LogP contribution in [0.25, 0.3) is 0 Å². The topological polar surface area (TPSA) is 32.3 Å². The summed E-state index contributed by atoms with van der Waals surface area (Å²) < 4.78 is 0. The average molecular weight is 282 g/mol. The third-order valence-electron chi connectivity index (χ3n) is 2.64. The van der Waals surface area contributed by atoms with Crippen LogP contribution in [0.3, 0.4) is 0 Å². The van der Waals surface area contributed by atoms with E-state index in [9.17, 15) is 5.11 Å². The number of halogens is 2. The highest BCUT2D eigenvalue weighted by Crippen LogP contribution is 2.31. The molecule has 0 spiro atoms. The second kappa shape index (κ2) is 5.51. The van der Waals surface area contributed by atoms with Crippen molar-refractivity contribution in [3.8, 4) is 5.75 Å². The number of phenolic OH excluding ortho intramolecular Hbond substituents is 1. The molecule has 2 aromatic carbocycles. The van der Waals surface area contributed by atoms with Crippen LogP contribution in [0.1, 0.15) is 11.1 Å². The van der Waals surface area contributed by atoms with Gasteiger partial charge in [0.25, 0.3) is 0 Å². The molecule has 0 bridgehead atoms. The summed E-state index contributed by atoms with van der Waals surface area (Å²) in [6, 6.07) is 11.2. The molecule has 4 heteroatoms. The molecule has 0 saturated heterocycles. The van der Waals surface area contributed by atoms with Crippen molar-refractivity contribution < 1.29 is 5.11 Å². The van der Waals surface area contributed by atoms with Crippen LogP contribution in [0.5, 0.6) is 5.75 Å². The van der Waals surface area contributed by atoms with Crippen molar-refractivity contribution in [2.24, 2.45) is 0 Å². The molecule has 94 valence electrons. The van der Waals surface area contributed by atoms with Crippen LogP contribution in [-0.2, 0) is 6.54 Å². The van der Waals surface area contributed by atoms with E-state index in [4.69, 9.17) is 23.2 Å². The highest BCUT2D eigenvalue weighted by Gasteiger charge is 2.07. The number of hydrogen-bond donors (Lipinski definition) is 2. The Bertz CT molecular complexity index is 552. The maximum atomic E-state index is 9.81. The van der Waals surface area contributed by atoms with Gasteiger partial charge in [0.1, 0.15) is 5.75 Å². The third kappa shape index (κ3) is 3.09. The fourth-order valence-electron chi connectivity index (χ4n) is 1.62. The molecule has 2 rings (SSSR count). The van der Waals surface area contributed by atoms with E-state index < -0.39 is 0 Å². The van der Waals surface area contributed by atoms with Gasteiger partial charge in [0.15, 0.2) is 0 Å². The summed E-state index contributed by atoms with van der Waals surface area (Å²) in [4.78, 5) is 0. The van der Waals surface area contributed by atoms with E-state index in [1.807, 2.05) is 31.2 Å². The molecule has 0 radical (unpaired) electrons. The fourth-order valence-corrected chi connectivity index (χ4v) is 2.16. The number of phenols is 1. The van der Waals surface area contributed by atoms with Gasteiger partial charge in [-0.05, 0) is 31.2 Å². The Balaban J connectivity index is 2.13. The summed E-state index contributed by atoms with van der Waals surface area (Å²) in [7, 11) is 0. The lowest BCUT2D eigenvalue weighted by Gasteiger charge is -2.10. The molecule has 18 heavy (non-hydrogen) atoms. The van der Waals surface area contributed by atoms with E-state index in [-0.39, 0.29) is 10.8 Å². The van der Waals surface area contributed by atoms with Gasteiger partial charge in [0.05, 0.1) is 5.02 Å². The summed E-state index contributed by atoms with van der Waals surface area (Å²) in [6.45, 7) is 2.50. The lowest BCUT2D eigenvalue weighted by molar-refractivity contribution is 0.469. The first-order valence-electron chi connectivity index (χ1n) is 5.53. The number of benzene rings is 2. The van der Waals surface area contributed by atoms with E-state index in [0.29, 0.717) is 17.1 Å². The van der Waals surface area contributed by atoms with Gasteiger partial charge in [0, 0.05) is 22.8 Å². The quantitative estimate of drug-likeness (QED) is 0.861. The highest BCUT2D eigenvalue weighted by atomic mass is 35.5. The van der Waals surface area contributed by atoms with Gasteiger partial charge in [0.2, 0.25) is 0 Å². The molecule has 2 aromatic rings. The summed E-state index contributed by atoms with van der Waals surface area (Å²) in [6.07, 6.45) is 0. The van der Waals surface area contributed by atoms with E-state index in [0.717, 1.165) is 5.69 Å². The van der Waals surface area contributed by atoms with Gasteiger partial charge in [-0.1, -0.05) is 40.9 Å². The van der Waals surface area contributed by atoms with Crippen molar-refractivity contribution in [2.75, 3.05) is 5.32 Å². The van der Waals surface area contributed by atoms with Crippen LogP contribution in [0.2, 0.25) is 10.0 Å². The number of anilines is 1. The first-order chi connectivity index (χ1) is 8.56. The summed E-state index contributed by atoms with van der Waals surface area (Å²) in [5.41, 5.74) is 2.86. The van der Waals surface area contributed by atoms with Gasteiger partial charge in [-0.15, -0.1) is 0 Å². The predicted molar refractivity (Wildman–Crippen MR) is 76.6 cm³/mol. The first kappa shape index (κ1) is 13.1. The van der Waals surface area contributed by atoms with Crippen molar-refractivity contribution in [1.82, 2.24) is 0 Å². The van der Waals surface area contributed by atoms with Crippen molar-refractivity contribution in [3.05, 3.63) is 57.6 Å². The second-order valence-corrected chi connectivity index (χ2v) is 4.96. The highest BCUT2D eigenvalue weighted by molar-refractivity contribution is 6.35. The number of hydrogen-bond acceptors (Lipinski definition) is 2. The maximum Gasteiger partial charge on any atom is 0.139 e. The lowest BCUT2D eigenvalue weighted by atomic mass is 10.2. The van der Waals surface area contributed by atoms with Gasteiger partial charge >= 0.3 is 0 Å². The molecule has 0 aliphatic carbocycles. The summed E-state index contributed by atoms with van der Waals surface area (Å²) in [5, 5.41) is 13.8. The minimum atomic E-state index is 0.0701. The first-order valence-corrected chi connectivity index (χ1v) is 6.29. The minimum absolute atomic E-state index is 0.0701. The summed E-state index contributed by atoms with van der Waals surface area (Å²) >= 11 is 11.8. The molecule has 0 amide bonds. The van der Waals surface area contributed by atoms with Crippen LogP contribution >= 0.6 is 23.2 Å². The second-order valence-electron chi connectivity index (χ2n) is 4.11. The molecular formula is C14H13Cl2NO. The molecule has 2 nitrogen and oxygen atoms in total. The van der Waals surface area contributed by atoms with Crippen LogP contribution in [-0.4, -0.2) is 5.11 Å². The van der Waals surface area contributed by atoms with E-state index in [1.165, 1.54) is 11.6 Å². The molecule has 0 unspecified atom stereocenters. The maximum absolute atomic E-state index is 9.81. The molecule has 0 saturated carbocycles. The lowest BCUT2D eigenvalue weighted by Crippen LogP contribution is -1.99. The molecule has 0 atom stereocenters. The Kier molecular flexibility index (Phi) is 4.00. The van der Waals surface area contributed by atoms with Crippen LogP contribution in [0.4, 0.5) is 5.69 Å². The van der Waals surface area contributed by atoms with Gasteiger partial charge in [-0.3, -0.25) is 0 Å². The average Bonchev–Trinajstić information content (AvgIpc) is 2.34. The van der Waals surface area contributed by atoms with Crippen molar-refractivity contribution in [2.45, 2.75) is 13.5 Å². The van der Waals surface area contributed by atoms with Gasteiger partial charge < -0.3 is 10.4 Å². The molecule has 0 aliphatic heterocycles. The Morgan fingerprint density at radius 3 is 2.44 bits per heavy atom. The largest absolute Gasteiger partial charge is 0.506 e. The van der Waals surface area contributed by atoms with Crippen molar-refractivity contribution >= 4 is 28.9 Å². The molecule has 0 aromatic heterocycles. The van der Waals surface area contributed by atoms with Crippen LogP contribution in [0, 0.1) is 6.92 Å². The zero-order chi connectivity index (χ0) is 13.1. The third-order valence-corrected chi connectivity index (χ3v) is 3.15. The normalized spacial score (nSPS) is 10.4. The molecule has 0 heterocycles. The van der Waals surface area contributed by atoms with E-state index in [1.54, 1.807) is 6.07 Å². The van der Waals surface area contributed by atoms with Crippen LogP contribution < -0.4 is 5.32 Å². The molecule has 2 N–H and O–H groups in total. The zero-order valence-corrected chi connectivity index (χ0v) is 11.4. The number of nitrogens with one attached hydrogen (secondary N) is 1. The van der Waals surface area contributed by atoms with Crippen LogP contribution in [0.15, 0.2) is 36.4 Å². The molecular weight excluding hydrogens is 269 g/mol. The van der Waals surface area contributed by atoms with Crippen molar-refractivity contribution in [1.29, 1.82) is 0 Å². The van der Waals surface area contributed by atoms with Gasteiger partial charge in [-0.2, -0.15) is 0 Å². The standard InChI is InChI=1S/C14H13Cl2NO/c1-9-2-4-12(5-3-9)17-8-10-6-11(15)7-13(16)14(10)18/h2-7,17-18H,8H2,1H3. The fraction of sp³-hybridized carbons (Fsp3) is 0.143. The monoisotopic (exact) mass is 281 g/mol. The van der Waals surface area contributed by atoms with Crippen molar-refractivity contribution in [3.63, 3.8) is 0 Å². The Labute approximate surface area is 116 Å². The molecule has 0 aliphatic rings. The Morgan fingerprint density at radius 2 is 1.78 bits per heavy atom. The van der Waals surface area contributed by atoms with Gasteiger partial charge in [-0.25, -0.2) is 0 Å². The Hall–Kier alpha value is -1.38. The zero-order valence-electron chi connectivity index (χ0n) is 9.87. The minimum Gasteiger partial charge on any atom is -0.506 e. The number of rotatable bonds is 3. The smallest absolute Gasteiger partial charge is 0.139 e. The number of aromatic hydroxyl groups is 1. The predicted octanol–water partition coefficient (Wildman–Crippen LogP) is 4.62. The van der Waals surface area contributed by atoms with E-state index >= 15 is 0 Å².